The van der Waals surface area contributed by atoms with Gasteiger partial charge in [0.1, 0.15) is 6.07 Å². The number of anilines is 1. The predicted octanol–water partition coefficient (Wildman–Crippen LogP) is 1.11. The Balaban J connectivity index is 1.76. The highest BCUT2D eigenvalue weighted by Crippen LogP contribution is 2.26. The van der Waals surface area contributed by atoms with Crippen molar-refractivity contribution in [2.45, 2.75) is 31.4 Å². The molecule has 3 heterocycles. The Labute approximate surface area is 154 Å². The summed E-state index contributed by atoms with van der Waals surface area (Å²) in [5, 5.41) is 27.3. The molecule has 3 aromatic heterocycles. The Morgan fingerprint density at radius 1 is 1.30 bits per heavy atom. The van der Waals surface area contributed by atoms with Crippen LogP contribution in [0.5, 0.6) is 0 Å². The summed E-state index contributed by atoms with van der Waals surface area (Å²) in [5.41, 5.74) is 7.19. The Kier molecular flexibility index (Phi) is 4.18. The number of fused-ring (bicyclic) bond motifs is 1. The number of pyridine rings is 2. The topological polar surface area (TPSA) is 143 Å². The summed E-state index contributed by atoms with van der Waals surface area (Å²) in [7, 11) is 0. The maximum absolute atomic E-state index is 11.8. The van der Waals surface area contributed by atoms with Crippen LogP contribution in [0.1, 0.15) is 35.2 Å². The zero-order valence-electron chi connectivity index (χ0n) is 14.3. The second kappa shape index (κ2) is 6.66. The number of hydrogen-bond donors (Lipinski definition) is 3. The third-order valence-electron chi connectivity index (χ3n) is 4.73. The molecule has 0 radical (unpaired) electrons. The van der Waals surface area contributed by atoms with Crippen molar-refractivity contribution in [3.05, 3.63) is 41.9 Å². The Bertz CT molecular complexity index is 1070. The van der Waals surface area contributed by atoms with Crippen molar-refractivity contribution in [2.24, 2.45) is 5.73 Å². The van der Waals surface area contributed by atoms with Crippen LogP contribution in [0.3, 0.4) is 0 Å². The van der Waals surface area contributed by atoms with Gasteiger partial charge in [-0.1, -0.05) is 0 Å². The third kappa shape index (κ3) is 3.07. The van der Waals surface area contributed by atoms with Crippen LogP contribution >= 0.6 is 0 Å². The summed E-state index contributed by atoms with van der Waals surface area (Å²) in [6, 6.07) is 5.25. The lowest BCUT2D eigenvalue weighted by Gasteiger charge is -2.20. The first-order valence-corrected chi connectivity index (χ1v) is 8.55. The number of hydrogen-bond acceptors (Lipinski definition) is 7. The fraction of sp³-hybridized carbons (Fsp3) is 0.278. The third-order valence-corrected chi connectivity index (χ3v) is 4.73. The number of aliphatic hydroxyl groups is 1. The lowest BCUT2D eigenvalue weighted by Crippen LogP contribution is -2.29. The second-order valence-corrected chi connectivity index (χ2v) is 6.51. The summed E-state index contributed by atoms with van der Waals surface area (Å²) < 4.78 is 1.53. The average molecular weight is 363 g/mol. The average Bonchev–Trinajstić information content (AvgIpc) is 3.27. The van der Waals surface area contributed by atoms with Crippen LogP contribution in [0.4, 0.5) is 5.69 Å². The van der Waals surface area contributed by atoms with E-state index in [4.69, 9.17) is 11.0 Å². The van der Waals surface area contributed by atoms with Crippen molar-refractivity contribution in [1.82, 2.24) is 19.7 Å². The molecular weight excluding hydrogens is 346 g/mol. The van der Waals surface area contributed by atoms with Crippen LogP contribution in [0, 0.1) is 11.3 Å². The maximum atomic E-state index is 11.8. The number of aromatic nitrogens is 4. The summed E-state index contributed by atoms with van der Waals surface area (Å²) in [4.78, 5) is 20.3. The number of nitrogens with two attached hydrogens (primary N) is 1. The molecule has 0 saturated heterocycles. The number of nitriles is 1. The normalized spacial score (nSPS) is 19.1. The molecular formula is C18H17N7O2. The minimum atomic E-state index is -0.605. The fourth-order valence-electron chi connectivity index (χ4n) is 3.33. The number of aliphatic hydroxyl groups excluding tert-OH is 1. The molecule has 1 amide bonds. The number of amides is 1. The van der Waals surface area contributed by atoms with E-state index >= 15 is 0 Å². The van der Waals surface area contributed by atoms with Crippen LogP contribution in [0.15, 0.2) is 30.7 Å². The van der Waals surface area contributed by atoms with Gasteiger partial charge in [0.15, 0.2) is 11.5 Å². The van der Waals surface area contributed by atoms with E-state index in [0.29, 0.717) is 28.1 Å². The zero-order chi connectivity index (χ0) is 19.0. The minimum Gasteiger partial charge on any atom is -0.391 e. The lowest BCUT2D eigenvalue weighted by molar-refractivity contribution is 0.100. The maximum Gasteiger partial charge on any atom is 0.252 e. The van der Waals surface area contributed by atoms with Crippen LogP contribution < -0.4 is 11.1 Å². The predicted molar refractivity (Wildman–Crippen MR) is 97.2 cm³/mol. The monoisotopic (exact) mass is 363 g/mol. The highest BCUT2D eigenvalue weighted by atomic mass is 16.3. The molecule has 3 aromatic rings. The highest BCUT2D eigenvalue weighted by Gasteiger charge is 2.26. The molecule has 1 aliphatic rings. The van der Waals surface area contributed by atoms with E-state index in [1.807, 2.05) is 6.07 Å². The molecule has 1 saturated carbocycles. The van der Waals surface area contributed by atoms with Crippen LogP contribution in [0.2, 0.25) is 0 Å². The largest absolute Gasteiger partial charge is 0.391 e. The summed E-state index contributed by atoms with van der Waals surface area (Å²) >= 11 is 0. The number of primary amides is 1. The van der Waals surface area contributed by atoms with Gasteiger partial charge in [0.05, 0.1) is 35.2 Å². The molecule has 1 aliphatic carbocycles. The molecule has 9 heteroatoms. The van der Waals surface area contributed by atoms with E-state index in [9.17, 15) is 9.90 Å². The van der Waals surface area contributed by atoms with Gasteiger partial charge in [0.25, 0.3) is 5.91 Å². The van der Waals surface area contributed by atoms with E-state index in [0.717, 1.165) is 19.3 Å². The van der Waals surface area contributed by atoms with Crippen molar-refractivity contribution in [3.63, 3.8) is 0 Å². The highest BCUT2D eigenvalue weighted by molar-refractivity contribution is 5.98. The van der Waals surface area contributed by atoms with Gasteiger partial charge in [-0.15, -0.1) is 0 Å². The Morgan fingerprint density at radius 3 is 2.85 bits per heavy atom. The Morgan fingerprint density at radius 2 is 2.15 bits per heavy atom. The number of carbonyl (C=O) groups is 1. The van der Waals surface area contributed by atoms with Crippen LogP contribution in [0.25, 0.3) is 16.9 Å². The van der Waals surface area contributed by atoms with Crippen molar-refractivity contribution in [3.8, 4) is 11.9 Å². The summed E-state index contributed by atoms with van der Waals surface area (Å²) in [5.74, 6) is -0.159. The SMILES string of the molecule is N#Cc1cnc2c(cnn2-c2cc(N[C@H]3CCC[C@H]3O)c(C(N)=O)cn2)c1. The molecule has 4 rings (SSSR count). The number of carbonyl (C=O) groups excluding carboxylic acids is 1. The van der Waals surface area contributed by atoms with E-state index in [-0.39, 0.29) is 11.6 Å². The van der Waals surface area contributed by atoms with E-state index in [1.54, 1.807) is 18.3 Å². The summed E-state index contributed by atoms with van der Waals surface area (Å²) in [6.45, 7) is 0. The van der Waals surface area contributed by atoms with Gasteiger partial charge in [-0.25, -0.2) is 9.97 Å². The first-order chi connectivity index (χ1) is 13.1. The molecule has 9 nitrogen and oxygen atoms in total. The molecule has 0 unspecified atom stereocenters. The summed E-state index contributed by atoms with van der Waals surface area (Å²) in [6.07, 6.45) is 6.42. The van der Waals surface area contributed by atoms with Gasteiger partial charge in [0.2, 0.25) is 0 Å². The molecule has 0 spiro atoms. The second-order valence-electron chi connectivity index (χ2n) is 6.51. The van der Waals surface area contributed by atoms with Crippen molar-refractivity contribution >= 4 is 22.6 Å². The fourth-order valence-corrected chi connectivity index (χ4v) is 3.33. The number of nitrogens with one attached hydrogen (secondary N) is 1. The van der Waals surface area contributed by atoms with Crippen molar-refractivity contribution < 1.29 is 9.90 Å². The van der Waals surface area contributed by atoms with E-state index in [1.165, 1.54) is 17.1 Å². The molecule has 27 heavy (non-hydrogen) atoms. The van der Waals surface area contributed by atoms with Gasteiger partial charge in [-0.3, -0.25) is 4.79 Å². The van der Waals surface area contributed by atoms with Gasteiger partial charge >= 0.3 is 0 Å². The minimum absolute atomic E-state index is 0.149. The standard InChI is InChI=1S/C18H17N7O2/c19-6-10-4-11-8-23-25(18(11)22-7-10)16-5-14(12(9-21-16)17(20)27)24-13-2-1-3-15(13)26/h4-5,7-9,13,15,26H,1-3H2,(H2,20,27)(H,21,24)/t13-,15+/m0/s1. The van der Waals surface area contributed by atoms with E-state index < -0.39 is 12.0 Å². The first kappa shape index (κ1) is 16.9. The Hall–Kier alpha value is -3.51. The molecule has 1 fully saturated rings. The molecule has 4 N–H and O–H groups in total. The number of nitrogens with zero attached hydrogens (tertiary/aromatic N) is 5. The van der Waals surface area contributed by atoms with Crippen LogP contribution in [-0.2, 0) is 0 Å². The zero-order valence-corrected chi connectivity index (χ0v) is 14.3. The van der Waals surface area contributed by atoms with Crippen molar-refractivity contribution in [2.75, 3.05) is 5.32 Å². The van der Waals surface area contributed by atoms with Gasteiger partial charge < -0.3 is 16.2 Å². The first-order valence-electron chi connectivity index (χ1n) is 8.55. The quantitative estimate of drug-likeness (QED) is 0.630. The van der Waals surface area contributed by atoms with Gasteiger partial charge in [-0.05, 0) is 25.3 Å². The lowest BCUT2D eigenvalue weighted by atomic mass is 10.1. The molecule has 0 aromatic carbocycles. The smallest absolute Gasteiger partial charge is 0.252 e. The van der Waals surface area contributed by atoms with Crippen LogP contribution in [-0.4, -0.2) is 42.9 Å². The van der Waals surface area contributed by atoms with Gasteiger partial charge in [-0.2, -0.15) is 15.0 Å². The molecule has 136 valence electrons. The van der Waals surface area contributed by atoms with E-state index in [2.05, 4.69) is 20.4 Å². The van der Waals surface area contributed by atoms with Gasteiger partial charge in [0, 0.05) is 23.8 Å². The molecule has 0 aliphatic heterocycles. The molecule has 2 atom stereocenters. The van der Waals surface area contributed by atoms with Crippen molar-refractivity contribution in [1.29, 1.82) is 5.26 Å². The molecule has 0 bridgehead atoms. The number of rotatable bonds is 4.